The van der Waals surface area contributed by atoms with E-state index in [0.717, 1.165) is 30.4 Å². The number of rotatable bonds is 2. The zero-order valence-electron chi connectivity index (χ0n) is 14.7. The molecule has 0 aliphatic heterocycles. The number of Topliss-reactive ketones (excluding diaryl/α,β-unsaturated/α-hetero) is 2. The molecule has 0 aromatic rings. The summed E-state index contributed by atoms with van der Waals surface area (Å²) in [6.45, 7) is 8.62. The number of fused-ring (bicyclic) bond motifs is 2. The van der Waals surface area contributed by atoms with Crippen LogP contribution in [0.15, 0.2) is 22.8 Å². The summed E-state index contributed by atoms with van der Waals surface area (Å²) in [6, 6.07) is 0. The lowest BCUT2D eigenvalue weighted by molar-refractivity contribution is -0.117. The predicted molar refractivity (Wildman–Crippen MR) is 89.8 cm³/mol. The number of carbonyl (C=O) groups is 2. The maximum atomic E-state index is 12.7. The van der Waals surface area contributed by atoms with Gasteiger partial charge in [-0.25, -0.2) is 0 Å². The quantitative estimate of drug-likeness (QED) is 0.846. The monoisotopic (exact) mass is 316 g/mol. The summed E-state index contributed by atoms with van der Waals surface area (Å²) in [7, 11) is 0. The number of hydrogen-bond acceptors (Lipinski definition) is 3. The van der Waals surface area contributed by atoms with E-state index in [-0.39, 0.29) is 29.0 Å². The molecule has 0 radical (unpaired) electrons. The highest BCUT2D eigenvalue weighted by Gasteiger charge is 2.52. The van der Waals surface area contributed by atoms with E-state index < -0.39 is 0 Å². The van der Waals surface area contributed by atoms with Crippen LogP contribution in [0.5, 0.6) is 0 Å². The smallest absolute Gasteiger partial charge is 0.161 e. The summed E-state index contributed by atoms with van der Waals surface area (Å²) in [6.07, 6.45) is 5.92. The van der Waals surface area contributed by atoms with Crippen LogP contribution in [-0.4, -0.2) is 23.3 Å². The van der Waals surface area contributed by atoms with Crippen molar-refractivity contribution in [2.75, 3.05) is 6.61 Å². The summed E-state index contributed by atoms with van der Waals surface area (Å²) in [5.74, 6) is 1.12. The molecule has 3 aliphatic rings. The summed E-state index contributed by atoms with van der Waals surface area (Å²) in [5.41, 5.74) is 2.19. The van der Waals surface area contributed by atoms with Crippen LogP contribution in [0.25, 0.3) is 0 Å². The Bertz CT molecular complexity index is 625. The maximum absolute atomic E-state index is 12.7. The molecule has 0 bridgehead atoms. The molecule has 0 amide bonds. The predicted octanol–water partition coefficient (Wildman–Crippen LogP) is 3.62. The molecule has 23 heavy (non-hydrogen) atoms. The molecule has 3 atom stereocenters. The van der Waals surface area contributed by atoms with Crippen LogP contribution in [0, 0.1) is 22.7 Å². The van der Waals surface area contributed by atoms with Crippen molar-refractivity contribution in [1.82, 2.24) is 0 Å². The highest BCUT2D eigenvalue weighted by Crippen LogP contribution is 2.58. The highest BCUT2D eigenvalue weighted by molar-refractivity contribution is 6.02. The van der Waals surface area contributed by atoms with Crippen molar-refractivity contribution in [3.05, 3.63) is 22.8 Å². The Morgan fingerprint density at radius 1 is 1.17 bits per heavy atom. The van der Waals surface area contributed by atoms with Crippen molar-refractivity contribution in [3.63, 3.8) is 0 Å². The SMILES string of the molecule is CC(C)[C@H]1CC(=O)C2=CC3=C(CO)C(=O)CC[C@@]3(C)CC[C@@]21C. The number of carbonyl (C=O) groups excluding carboxylic acids is 2. The number of allylic oxidation sites excluding steroid dienone is 3. The molecule has 1 fully saturated rings. The molecule has 0 saturated heterocycles. The lowest BCUT2D eigenvalue weighted by Gasteiger charge is -2.38. The van der Waals surface area contributed by atoms with E-state index in [1.54, 1.807) is 0 Å². The van der Waals surface area contributed by atoms with Crippen LogP contribution in [-0.2, 0) is 9.59 Å². The van der Waals surface area contributed by atoms with Crippen molar-refractivity contribution >= 4 is 11.6 Å². The Kier molecular flexibility index (Phi) is 3.91. The first-order valence-corrected chi connectivity index (χ1v) is 8.86. The Balaban J connectivity index is 2.19. The van der Waals surface area contributed by atoms with E-state index in [2.05, 4.69) is 27.7 Å². The average Bonchev–Trinajstić information content (AvgIpc) is 2.67. The van der Waals surface area contributed by atoms with Gasteiger partial charge in [0.25, 0.3) is 0 Å². The summed E-state index contributed by atoms with van der Waals surface area (Å²) >= 11 is 0. The average molecular weight is 316 g/mol. The van der Waals surface area contributed by atoms with E-state index in [0.29, 0.717) is 30.3 Å². The molecule has 126 valence electrons. The molecule has 3 heteroatoms. The van der Waals surface area contributed by atoms with Gasteiger partial charge in [-0.3, -0.25) is 9.59 Å². The molecule has 0 spiro atoms. The van der Waals surface area contributed by atoms with Crippen LogP contribution in [0.1, 0.15) is 59.8 Å². The molecular formula is C20H28O3. The first kappa shape index (κ1) is 16.6. The second-order valence-corrected chi connectivity index (χ2v) is 8.49. The summed E-state index contributed by atoms with van der Waals surface area (Å²) < 4.78 is 0. The maximum Gasteiger partial charge on any atom is 0.161 e. The van der Waals surface area contributed by atoms with E-state index in [4.69, 9.17) is 0 Å². The molecule has 0 heterocycles. The van der Waals surface area contributed by atoms with Crippen LogP contribution in [0.2, 0.25) is 0 Å². The van der Waals surface area contributed by atoms with Gasteiger partial charge in [0, 0.05) is 24.0 Å². The van der Waals surface area contributed by atoms with Gasteiger partial charge in [0.2, 0.25) is 0 Å². The standard InChI is InChI=1S/C20H28O3/c1-12(2)14-10-18(23)16-9-15-13(11-21)17(22)5-6-19(15,3)7-8-20(14,16)4/h9,12,14,21H,5-8,10-11H2,1-4H3/t14-,19+,20-/m1/s1. The minimum absolute atomic E-state index is 0.0475. The van der Waals surface area contributed by atoms with Crippen LogP contribution >= 0.6 is 0 Å². The summed E-state index contributed by atoms with van der Waals surface area (Å²) in [5, 5.41) is 9.72. The number of hydrogen-bond donors (Lipinski definition) is 1. The molecule has 0 unspecified atom stereocenters. The Labute approximate surface area is 138 Å². The fourth-order valence-electron chi connectivity index (χ4n) is 5.15. The topological polar surface area (TPSA) is 54.4 Å². The lowest BCUT2D eigenvalue weighted by Crippen LogP contribution is -2.30. The van der Waals surface area contributed by atoms with Gasteiger partial charge in [-0.15, -0.1) is 0 Å². The second kappa shape index (κ2) is 5.41. The van der Waals surface area contributed by atoms with Crippen molar-refractivity contribution in [1.29, 1.82) is 0 Å². The van der Waals surface area contributed by atoms with Crippen molar-refractivity contribution in [2.24, 2.45) is 22.7 Å². The van der Waals surface area contributed by atoms with Gasteiger partial charge in [0.05, 0.1) is 6.61 Å². The third kappa shape index (κ3) is 2.36. The van der Waals surface area contributed by atoms with Crippen LogP contribution < -0.4 is 0 Å². The van der Waals surface area contributed by atoms with Gasteiger partial charge >= 0.3 is 0 Å². The molecule has 1 saturated carbocycles. The van der Waals surface area contributed by atoms with Crippen molar-refractivity contribution < 1.29 is 14.7 Å². The Hall–Kier alpha value is -1.22. The third-order valence-electron chi connectivity index (χ3n) is 6.80. The molecule has 0 aromatic carbocycles. The molecule has 0 aromatic heterocycles. The first-order valence-electron chi connectivity index (χ1n) is 8.86. The van der Waals surface area contributed by atoms with E-state index >= 15 is 0 Å². The molecule has 3 nitrogen and oxygen atoms in total. The fourth-order valence-corrected chi connectivity index (χ4v) is 5.15. The van der Waals surface area contributed by atoms with Crippen LogP contribution in [0.4, 0.5) is 0 Å². The molecule has 3 rings (SSSR count). The van der Waals surface area contributed by atoms with E-state index in [1.807, 2.05) is 6.08 Å². The Morgan fingerprint density at radius 2 is 1.87 bits per heavy atom. The zero-order valence-corrected chi connectivity index (χ0v) is 14.7. The third-order valence-corrected chi connectivity index (χ3v) is 6.80. The minimum atomic E-state index is -0.216. The zero-order chi connectivity index (χ0) is 17.0. The van der Waals surface area contributed by atoms with Gasteiger partial charge in [0.15, 0.2) is 11.6 Å². The normalized spacial score (nSPS) is 37.7. The first-order chi connectivity index (χ1) is 10.7. The number of aliphatic hydroxyl groups is 1. The van der Waals surface area contributed by atoms with Crippen molar-refractivity contribution in [2.45, 2.75) is 59.8 Å². The fraction of sp³-hybridized carbons (Fsp3) is 0.700. The van der Waals surface area contributed by atoms with E-state index in [9.17, 15) is 14.7 Å². The summed E-state index contributed by atoms with van der Waals surface area (Å²) in [4.78, 5) is 24.9. The molecule has 3 aliphatic carbocycles. The van der Waals surface area contributed by atoms with Gasteiger partial charge in [-0.1, -0.05) is 33.8 Å². The number of aliphatic hydroxyl groups excluding tert-OH is 1. The van der Waals surface area contributed by atoms with Gasteiger partial charge < -0.3 is 5.11 Å². The lowest BCUT2D eigenvalue weighted by atomic mass is 9.66. The Morgan fingerprint density at radius 3 is 2.48 bits per heavy atom. The minimum Gasteiger partial charge on any atom is -0.392 e. The second-order valence-electron chi connectivity index (χ2n) is 8.49. The molecule has 1 N–H and O–H groups in total. The van der Waals surface area contributed by atoms with Gasteiger partial charge in [-0.2, -0.15) is 0 Å². The van der Waals surface area contributed by atoms with Crippen LogP contribution in [0.3, 0.4) is 0 Å². The van der Waals surface area contributed by atoms with Gasteiger partial charge in [-0.05, 0) is 47.5 Å². The van der Waals surface area contributed by atoms with Crippen molar-refractivity contribution in [3.8, 4) is 0 Å². The largest absolute Gasteiger partial charge is 0.392 e. The highest BCUT2D eigenvalue weighted by atomic mass is 16.3. The van der Waals surface area contributed by atoms with E-state index in [1.165, 1.54) is 0 Å². The van der Waals surface area contributed by atoms with Gasteiger partial charge in [0.1, 0.15) is 0 Å². The number of ketones is 2. The molecular weight excluding hydrogens is 288 g/mol.